The van der Waals surface area contributed by atoms with E-state index in [0.29, 0.717) is 6.04 Å². The molecule has 96 valence electrons. The molecule has 0 aliphatic heterocycles. The van der Waals surface area contributed by atoms with E-state index in [2.05, 4.69) is 26.1 Å². The number of nitrogens with one attached hydrogen (secondary N) is 1. The maximum atomic E-state index is 8.99. The number of anilines is 1. The van der Waals surface area contributed by atoms with E-state index in [-0.39, 0.29) is 6.61 Å². The molecule has 0 radical (unpaired) electrons. The summed E-state index contributed by atoms with van der Waals surface area (Å²) in [6, 6.07) is 8.58. The van der Waals surface area contributed by atoms with Crippen molar-refractivity contribution in [3.05, 3.63) is 29.8 Å². The maximum Gasteiger partial charge on any atom is 0.0681 e. The average molecular weight is 235 g/mol. The van der Waals surface area contributed by atoms with Gasteiger partial charge in [0.15, 0.2) is 0 Å². The third-order valence-corrected chi connectivity index (χ3v) is 3.38. The minimum Gasteiger partial charge on any atom is -0.392 e. The lowest BCUT2D eigenvalue weighted by Gasteiger charge is -2.21. The molecule has 2 heteroatoms. The Kier molecular flexibility index (Phi) is 6.06. The number of hydrogen-bond donors (Lipinski definition) is 2. The molecule has 0 fully saturated rings. The van der Waals surface area contributed by atoms with Crippen molar-refractivity contribution in [1.29, 1.82) is 0 Å². The lowest BCUT2D eigenvalue weighted by Crippen LogP contribution is -2.21. The Labute approximate surface area is 105 Å². The van der Waals surface area contributed by atoms with E-state index in [4.69, 9.17) is 5.11 Å². The Bertz CT molecular complexity index is 307. The molecule has 2 nitrogen and oxygen atoms in total. The number of aliphatic hydroxyl groups excluding tert-OH is 1. The third-order valence-electron chi connectivity index (χ3n) is 3.38. The van der Waals surface area contributed by atoms with Crippen molar-refractivity contribution in [2.75, 3.05) is 5.32 Å². The smallest absolute Gasteiger partial charge is 0.0681 e. The van der Waals surface area contributed by atoms with Gasteiger partial charge in [0.2, 0.25) is 0 Å². The van der Waals surface area contributed by atoms with Crippen LogP contribution in [0.1, 0.15) is 45.6 Å². The van der Waals surface area contributed by atoms with Crippen LogP contribution >= 0.6 is 0 Å². The zero-order chi connectivity index (χ0) is 12.7. The van der Waals surface area contributed by atoms with Crippen LogP contribution in [-0.2, 0) is 6.61 Å². The number of hydrogen-bond acceptors (Lipinski definition) is 2. The fourth-order valence-corrected chi connectivity index (χ4v) is 1.92. The second-order valence-corrected chi connectivity index (χ2v) is 4.85. The first kappa shape index (κ1) is 14.0. The van der Waals surface area contributed by atoms with E-state index in [1.807, 2.05) is 24.3 Å². The molecule has 0 aromatic heterocycles. The summed E-state index contributed by atoms with van der Waals surface area (Å²) in [6.45, 7) is 6.89. The summed E-state index contributed by atoms with van der Waals surface area (Å²) in [6.07, 6.45) is 3.60. The SMILES string of the molecule is CCC(C)CC(CC)Nc1ccc(CO)cc1. The van der Waals surface area contributed by atoms with E-state index in [1.54, 1.807) is 0 Å². The molecule has 2 unspecified atom stereocenters. The molecule has 1 aromatic rings. The normalized spacial score (nSPS) is 14.4. The van der Waals surface area contributed by atoms with Crippen LogP contribution in [-0.4, -0.2) is 11.1 Å². The van der Waals surface area contributed by atoms with E-state index < -0.39 is 0 Å². The van der Waals surface area contributed by atoms with E-state index in [1.165, 1.54) is 12.8 Å². The summed E-state index contributed by atoms with van der Waals surface area (Å²) >= 11 is 0. The summed E-state index contributed by atoms with van der Waals surface area (Å²) in [5.41, 5.74) is 2.11. The first-order valence-corrected chi connectivity index (χ1v) is 6.65. The molecule has 0 spiro atoms. The Balaban J connectivity index is 2.54. The fraction of sp³-hybridized carbons (Fsp3) is 0.600. The molecule has 2 atom stereocenters. The molecule has 0 aliphatic rings. The van der Waals surface area contributed by atoms with Gasteiger partial charge in [0.05, 0.1) is 6.61 Å². The Hall–Kier alpha value is -1.02. The van der Waals surface area contributed by atoms with Crippen LogP contribution < -0.4 is 5.32 Å². The predicted octanol–water partition coefficient (Wildman–Crippen LogP) is 3.81. The van der Waals surface area contributed by atoms with Crippen LogP contribution in [0.5, 0.6) is 0 Å². The van der Waals surface area contributed by atoms with Crippen molar-refractivity contribution in [3.63, 3.8) is 0 Å². The first-order valence-electron chi connectivity index (χ1n) is 6.65. The molecule has 0 bridgehead atoms. The van der Waals surface area contributed by atoms with Gasteiger partial charge in [-0.2, -0.15) is 0 Å². The monoisotopic (exact) mass is 235 g/mol. The molecule has 1 rings (SSSR count). The molecule has 17 heavy (non-hydrogen) atoms. The maximum absolute atomic E-state index is 8.99. The number of aliphatic hydroxyl groups is 1. The second-order valence-electron chi connectivity index (χ2n) is 4.85. The molecule has 2 N–H and O–H groups in total. The van der Waals surface area contributed by atoms with Gasteiger partial charge < -0.3 is 10.4 Å². The Morgan fingerprint density at radius 1 is 1.12 bits per heavy atom. The van der Waals surface area contributed by atoms with Crippen molar-refractivity contribution in [2.45, 2.75) is 52.7 Å². The molecular formula is C15H25NO. The van der Waals surface area contributed by atoms with Gasteiger partial charge >= 0.3 is 0 Å². The van der Waals surface area contributed by atoms with Gasteiger partial charge in [-0.05, 0) is 36.5 Å². The molecule has 0 aliphatic carbocycles. The summed E-state index contributed by atoms with van der Waals surface area (Å²) in [7, 11) is 0. The fourth-order valence-electron chi connectivity index (χ4n) is 1.92. The van der Waals surface area contributed by atoms with Gasteiger partial charge in [-0.15, -0.1) is 0 Å². The quantitative estimate of drug-likeness (QED) is 0.753. The lowest BCUT2D eigenvalue weighted by atomic mass is 9.97. The van der Waals surface area contributed by atoms with E-state index in [9.17, 15) is 0 Å². The van der Waals surface area contributed by atoms with Crippen molar-refractivity contribution in [1.82, 2.24) is 0 Å². The molecule has 0 amide bonds. The van der Waals surface area contributed by atoms with Crippen molar-refractivity contribution in [3.8, 4) is 0 Å². The number of rotatable bonds is 7. The van der Waals surface area contributed by atoms with Gasteiger partial charge in [-0.3, -0.25) is 0 Å². The highest BCUT2D eigenvalue weighted by Crippen LogP contribution is 2.17. The van der Waals surface area contributed by atoms with E-state index in [0.717, 1.165) is 23.6 Å². The van der Waals surface area contributed by atoms with Gasteiger partial charge in [-0.25, -0.2) is 0 Å². The zero-order valence-corrected chi connectivity index (χ0v) is 11.2. The molecular weight excluding hydrogens is 210 g/mol. The first-order chi connectivity index (χ1) is 8.19. The highest BCUT2D eigenvalue weighted by molar-refractivity contribution is 5.45. The van der Waals surface area contributed by atoms with Crippen molar-refractivity contribution in [2.24, 2.45) is 5.92 Å². The minimum atomic E-state index is 0.115. The van der Waals surface area contributed by atoms with Crippen LogP contribution in [0.25, 0.3) is 0 Å². The van der Waals surface area contributed by atoms with E-state index >= 15 is 0 Å². The highest BCUT2D eigenvalue weighted by atomic mass is 16.3. The van der Waals surface area contributed by atoms with Gasteiger partial charge in [0.1, 0.15) is 0 Å². The molecule has 1 aromatic carbocycles. The van der Waals surface area contributed by atoms with Crippen molar-refractivity contribution >= 4 is 5.69 Å². The van der Waals surface area contributed by atoms with Crippen molar-refractivity contribution < 1.29 is 5.11 Å². The van der Waals surface area contributed by atoms with Crippen LogP contribution in [0.4, 0.5) is 5.69 Å². The highest BCUT2D eigenvalue weighted by Gasteiger charge is 2.09. The summed E-state index contributed by atoms with van der Waals surface area (Å²) in [4.78, 5) is 0. The Morgan fingerprint density at radius 2 is 1.76 bits per heavy atom. The third kappa shape index (κ3) is 4.78. The van der Waals surface area contributed by atoms with Gasteiger partial charge in [0, 0.05) is 11.7 Å². The van der Waals surface area contributed by atoms with Crippen LogP contribution in [0.3, 0.4) is 0 Å². The van der Waals surface area contributed by atoms with Gasteiger partial charge in [0.25, 0.3) is 0 Å². The standard InChI is InChI=1S/C15H25NO/c1-4-12(3)10-14(5-2)16-15-8-6-13(11-17)7-9-15/h6-9,12,14,16-17H,4-5,10-11H2,1-3H3. The molecule has 0 heterocycles. The summed E-state index contributed by atoms with van der Waals surface area (Å²) < 4.78 is 0. The Morgan fingerprint density at radius 3 is 2.24 bits per heavy atom. The summed E-state index contributed by atoms with van der Waals surface area (Å²) in [5.74, 6) is 0.768. The second kappa shape index (κ2) is 7.33. The lowest BCUT2D eigenvalue weighted by molar-refractivity contribution is 0.282. The molecule has 0 saturated heterocycles. The average Bonchev–Trinajstić information content (AvgIpc) is 2.38. The van der Waals surface area contributed by atoms with Crippen LogP contribution in [0.2, 0.25) is 0 Å². The molecule has 0 saturated carbocycles. The van der Waals surface area contributed by atoms with Crippen LogP contribution in [0.15, 0.2) is 24.3 Å². The summed E-state index contributed by atoms with van der Waals surface area (Å²) in [5, 5.41) is 12.6. The largest absolute Gasteiger partial charge is 0.392 e. The zero-order valence-electron chi connectivity index (χ0n) is 11.2. The minimum absolute atomic E-state index is 0.115. The van der Waals surface area contributed by atoms with Gasteiger partial charge in [-0.1, -0.05) is 39.3 Å². The number of benzene rings is 1. The topological polar surface area (TPSA) is 32.3 Å². The van der Waals surface area contributed by atoms with Crippen LogP contribution in [0, 0.1) is 5.92 Å². The predicted molar refractivity (Wildman–Crippen MR) is 74.1 cm³/mol.